The molecule has 0 aliphatic heterocycles. The molecule has 7 heteroatoms. The molecule has 0 heterocycles. The third kappa shape index (κ3) is 5.78. The van der Waals surface area contributed by atoms with Crippen LogP contribution in [0.25, 0.3) is 0 Å². The van der Waals surface area contributed by atoms with E-state index in [1.807, 2.05) is 11.4 Å². The Morgan fingerprint density at radius 1 is 1.30 bits per heavy atom. The van der Waals surface area contributed by atoms with Crippen LogP contribution in [0.15, 0.2) is 36.4 Å². The first kappa shape index (κ1) is 15.4. The predicted molar refractivity (Wildman–Crippen MR) is 71.1 cm³/mol. The summed E-state index contributed by atoms with van der Waals surface area (Å²) in [6.07, 6.45) is 1.39. The average molecular weight is 278 g/mol. The molecule has 3 amide bonds. The zero-order valence-electron chi connectivity index (χ0n) is 10.8. The fourth-order valence-corrected chi connectivity index (χ4v) is 1.37. The Hall–Kier alpha value is -2.67. The van der Waals surface area contributed by atoms with Crippen LogP contribution in [-0.4, -0.2) is 30.1 Å². The molecule has 0 spiro atoms. The highest BCUT2D eigenvalue weighted by Crippen LogP contribution is 2.11. The number of carbonyl (C=O) groups is 3. The molecule has 7 nitrogen and oxygen atoms in total. The molecule has 1 aromatic carbocycles. The largest absolute Gasteiger partial charge is 0.478 e. The molecule has 0 saturated carbocycles. The minimum absolute atomic E-state index is 0.400. The van der Waals surface area contributed by atoms with Gasteiger partial charge in [-0.2, -0.15) is 0 Å². The summed E-state index contributed by atoms with van der Waals surface area (Å²) in [5.41, 5.74) is 1.36. The minimum Gasteiger partial charge on any atom is -0.478 e. The smallest absolute Gasteiger partial charge is 0.328 e. The maximum atomic E-state index is 11.5. The van der Waals surface area contributed by atoms with Gasteiger partial charge in [0.1, 0.15) is 0 Å². The minimum atomic E-state index is -1.27. The van der Waals surface area contributed by atoms with Crippen LogP contribution in [-0.2, 0) is 20.9 Å². The van der Waals surface area contributed by atoms with Crippen LogP contribution in [0.2, 0.25) is 0 Å². The van der Waals surface area contributed by atoms with Crippen LogP contribution in [0, 0.1) is 0 Å². The van der Waals surface area contributed by atoms with Crippen molar-refractivity contribution in [1.29, 1.82) is 0 Å². The predicted octanol–water partition coefficient (Wildman–Crippen LogP) is 1.12. The number of benzene rings is 1. The van der Waals surface area contributed by atoms with Crippen LogP contribution in [0.4, 0.5) is 10.5 Å². The van der Waals surface area contributed by atoms with E-state index in [-0.39, 0.29) is 0 Å². The Balaban J connectivity index is 2.55. The van der Waals surface area contributed by atoms with Crippen LogP contribution in [0.3, 0.4) is 0 Å². The zero-order valence-corrected chi connectivity index (χ0v) is 10.8. The van der Waals surface area contributed by atoms with Gasteiger partial charge in [-0.3, -0.25) is 10.1 Å². The van der Waals surface area contributed by atoms with Crippen LogP contribution in [0.1, 0.15) is 5.56 Å². The van der Waals surface area contributed by atoms with Crippen molar-refractivity contribution < 1.29 is 24.2 Å². The third-order valence-corrected chi connectivity index (χ3v) is 2.11. The highest BCUT2D eigenvalue weighted by Gasteiger charge is 2.06. The van der Waals surface area contributed by atoms with Gasteiger partial charge in [-0.15, -0.1) is 0 Å². The summed E-state index contributed by atoms with van der Waals surface area (Å²) < 4.78 is 4.96. The van der Waals surface area contributed by atoms with Gasteiger partial charge in [-0.1, -0.05) is 12.1 Å². The van der Waals surface area contributed by atoms with Crippen molar-refractivity contribution in [3.8, 4) is 0 Å². The number of carbonyl (C=O) groups excluding carboxylic acids is 2. The summed E-state index contributed by atoms with van der Waals surface area (Å²) in [6.45, 7) is 0.400. The number of rotatable bonds is 5. The zero-order chi connectivity index (χ0) is 15.0. The molecule has 3 N–H and O–H groups in total. The Kier molecular flexibility index (Phi) is 5.92. The van der Waals surface area contributed by atoms with Crippen LogP contribution >= 0.6 is 0 Å². The van der Waals surface area contributed by atoms with Crippen molar-refractivity contribution in [2.45, 2.75) is 6.61 Å². The Labute approximate surface area is 115 Å². The van der Waals surface area contributed by atoms with Crippen molar-refractivity contribution in [3.63, 3.8) is 0 Å². The van der Waals surface area contributed by atoms with Crippen molar-refractivity contribution in [1.82, 2.24) is 5.32 Å². The van der Waals surface area contributed by atoms with E-state index >= 15 is 0 Å². The Morgan fingerprint density at radius 3 is 2.70 bits per heavy atom. The topological polar surface area (TPSA) is 105 Å². The Morgan fingerprint density at radius 2 is 2.05 bits per heavy atom. The number of ether oxygens (including phenoxy) is 1. The second-order valence-electron chi connectivity index (χ2n) is 3.75. The summed E-state index contributed by atoms with van der Waals surface area (Å²) in [4.78, 5) is 32.9. The molecule has 0 saturated heterocycles. The average Bonchev–Trinajstić information content (AvgIpc) is 2.37. The normalized spacial score (nSPS) is 10.2. The van der Waals surface area contributed by atoms with Gasteiger partial charge >= 0.3 is 12.0 Å². The molecule has 106 valence electrons. The molecule has 1 aromatic rings. The van der Waals surface area contributed by atoms with Gasteiger partial charge < -0.3 is 15.2 Å². The molecule has 0 aromatic heterocycles. The van der Waals surface area contributed by atoms with Crippen LogP contribution in [0.5, 0.6) is 0 Å². The number of amides is 3. The van der Waals surface area contributed by atoms with E-state index in [0.717, 1.165) is 11.6 Å². The van der Waals surface area contributed by atoms with Crippen LogP contribution < -0.4 is 10.6 Å². The summed E-state index contributed by atoms with van der Waals surface area (Å²) in [5.74, 6) is -2.09. The number of anilines is 1. The highest BCUT2D eigenvalue weighted by atomic mass is 16.5. The molecule has 0 bridgehead atoms. The second kappa shape index (κ2) is 7.70. The number of carboxylic acid groups (broad SMARTS) is 1. The van der Waals surface area contributed by atoms with E-state index in [2.05, 4.69) is 5.32 Å². The lowest BCUT2D eigenvalue weighted by molar-refractivity contribution is -0.131. The second-order valence-corrected chi connectivity index (χ2v) is 3.75. The van der Waals surface area contributed by atoms with Gasteiger partial charge in [0, 0.05) is 24.9 Å². The summed E-state index contributed by atoms with van der Waals surface area (Å²) >= 11 is 0. The number of nitrogens with one attached hydrogen (secondary N) is 2. The lowest BCUT2D eigenvalue weighted by atomic mass is 10.2. The third-order valence-electron chi connectivity index (χ3n) is 2.11. The number of aliphatic carboxylic acids is 1. The molecule has 0 aliphatic rings. The van der Waals surface area contributed by atoms with Crippen molar-refractivity contribution >= 4 is 23.6 Å². The maximum Gasteiger partial charge on any atom is 0.328 e. The van der Waals surface area contributed by atoms with E-state index in [1.165, 1.54) is 0 Å². The van der Waals surface area contributed by atoms with E-state index in [1.54, 1.807) is 25.3 Å². The summed E-state index contributed by atoms with van der Waals surface area (Å²) in [6, 6.07) is 6.15. The molecule has 0 atom stereocenters. The summed E-state index contributed by atoms with van der Waals surface area (Å²) in [5, 5.41) is 12.7. The fraction of sp³-hybridized carbons (Fsp3) is 0.154. The molecule has 0 radical (unpaired) electrons. The number of hydrogen-bond acceptors (Lipinski definition) is 4. The van der Waals surface area contributed by atoms with Gasteiger partial charge in [0.2, 0.25) is 0 Å². The molecule has 20 heavy (non-hydrogen) atoms. The van der Waals surface area contributed by atoms with E-state index in [9.17, 15) is 14.4 Å². The molecule has 0 unspecified atom stereocenters. The van der Waals surface area contributed by atoms with Gasteiger partial charge in [0.05, 0.1) is 6.61 Å². The molecular formula is C13H14N2O5. The van der Waals surface area contributed by atoms with Crippen molar-refractivity contribution in [2.24, 2.45) is 0 Å². The van der Waals surface area contributed by atoms with Crippen molar-refractivity contribution in [3.05, 3.63) is 42.0 Å². The lowest BCUT2D eigenvalue weighted by Crippen LogP contribution is -2.33. The molecule has 0 aliphatic carbocycles. The molecule has 1 rings (SSSR count). The standard InChI is InChI=1S/C13H14N2O5/c1-20-8-9-3-2-4-10(7-9)14-13(19)15-11(16)5-6-12(17)18/h2-7H,8H2,1H3,(H,17,18)(H2,14,15,16,19). The lowest BCUT2D eigenvalue weighted by Gasteiger charge is -2.07. The number of imide groups is 1. The van der Waals surface area contributed by atoms with E-state index in [4.69, 9.17) is 9.84 Å². The first-order chi connectivity index (χ1) is 9.51. The SMILES string of the molecule is COCc1cccc(NC(=O)NC(=O)C=CC(=O)O)c1. The van der Waals surface area contributed by atoms with E-state index < -0.39 is 17.9 Å². The van der Waals surface area contributed by atoms with E-state index in [0.29, 0.717) is 18.4 Å². The Bertz CT molecular complexity index is 539. The molecule has 0 fully saturated rings. The van der Waals surface area contributed by atoms with Gasteiger partial charge in [0.15, 0.2) is 0 Å². The fourth-order valence-electron chi connectivity index (χ4n) is 1.37. The first-order valence-corrected chi connectivity index (χ1v) is 5.62. The van der Waals surface area contributed by atoms with Gasteiger partial charge in [0.25, 0.3) is 5.91 Å². The van der Waals surface area contributed by atoms with Crippen molar-refractivity contribution in [2.75, 3.05) is 12.4 Å². The summed E-state index contributed by atoms with van der Waals surface area (Å²) in [7, 11) is 1.56. The number of carboxylic acids is 1. The number of hydrogen-bond donors (Lipinski definition) is 3. The molecular weight excluding hydrogens is 264 g/mol. The monoisotopic (exact) mass is 278 g/mol. The quantitative estimate of drug-likeness (QED) is 0.700. The number of methoxy groups -OCH3 is 1. The highest BCUT2D eigenvalue weighted by molar-refractivity contribution is 6.06. The first-order valence-electron chi connectivity index (χ1n) is 5.62. The van der Waals surface area contributed by atoms with Gasteiger partial charge in [-0.05, 0) is 17.7 Å². The maximum absolute atomic E-state index is 11.5. The van der Waals surface area contributed by atoms with Gasteiger partial charge in [-0.25, -0.2) is 9.59 Å². The number of urea groups is 1.